The molecule has 13 heteroatoms. The van der Waals surface area contributed by atoms with Gasteiger partial charge in [-0.3, -0.25) is 9.79 Å². The second-order valence-corrected chi connectivity index (χ2v) is 26.4. The standard InChI is InChI=1S/C21H40N2O3Si2.C8H8O2.C7H19NOSi.CH4O/c1-7-25-27(3,4)17-9-15-22-21(19-11-13-20(24)14-12-19)23-16-10-18-28(5,6)26-8-2;1-6(9)7-2-4-8(10)5-3-7;1-4-9-10(2,3)7-5-6-8;1-2/h11-14,24H,7-10,15-18H2,1-6H3,(H,22,23);2-5,10H,1H3;4-8H2,1-3H3;2H,1H3. The number of carbonyl (C=O) groups excluding carboxylic acids is 1. The van der Waals surface area contributed by atoms with Crippen LogP contribution in [-0.4, -0.2) is 98.5 Å². The van der Waals surface area contributed by atoms with E-state index < -0.39 is 25.0 Å². The molecule has 288 valence electrons. The normalized spacial score (nSPS) is 11.7. The summed E-state index contributed by atoms with van der Waals surface area (Å²) in [6, 6.07) is 16.9. The topological polar surface area (TPSA) is 156 Å². The third kappa shape index (κ3) is 26.4. The van der Waals surface area contributed by atoms with E-state index in [1.54, 1.807) is 24.3 Å². The van der Waals surface area contributed by atoms with Crippen molar-refractivity contribution in [3.05, 3.63) is 59.7 Å². The minimum atomic E-state index is -1.55. The molecule has 0 amide bonds. The molecular formula is C37H71N3O7Si3. The van der Waals surface area contributed by atoms with Crippen LogP contribution in [0.15, 0.2) is 53.5 Å². The number of phenols is 2. The second kappa shape index (κ2) is 28.2. The van der Waals surface area contributed by atoms with Gasteiger partial charge in [0, 0.05) is 51.1 Å². The highest BCUT2D eigenvalue weighted by atomic mass is 28.4. The van der Waals surface area contributed by atoms with Crippen molar-refractivity contribution < 1.29 is 33.4 Å². The lowest BCUT2D eigenvalue weighted by Crippen LogP contribution is -2.33. The summed E-state index contributed by atoms with van der Waals surface area (Å²) in [7, 11) is -3.40. The number of nitrogens with one attached hydrogen (secondary N) is 1. The number of phenolic OH excluding ortho intramolecular Hbond substituents is 2. The highest BCUT2D eigenvalue weighted by Crippen LogP contribution is 2.16. The SMILES string of the molecule is CC(=O)c1ccc(O)cc1.CCO[Si](C)(C)CCCN.CCO[Si](C)(C)CCCN=C(NCCC[Si](C)(C)OCC)c1ccc(O)cc1.CO. The number of carbonyl (C=O) groups is 1. The predicted molar refractivity (Wildman–Crippen MR) is 218 cm³/mol. The van der Waals surface area contributed by atoms with Gasteiger partial charge in [0.1, 0.15) is 17.3 Å². The van der Waals surface area contributed by atoms with Crippen LogP contribution in [0, 0.1) is 0 Å². The molecule has 0 aliphatic carbocycles. The zero-order valence-corrected chi connectivity index (χ0v) is 36.1. The zero-order chi connectivity index (χ0) is 38.6. The summed E-state index contributed by atoms with van der Waals surface area (Å²) < 4.78 is 17.4. The van der Waals surface area contributed by atoms with Gasteiger partial charge in [0.15, 0.2) is 30.7 Å². The third-order valence-corrected chi connectivity index (χ3v) is 15.3. The molecule has 0 aliphatic rings. The van der Waals surface area contributed by atoms with E-state index in [0.717, 1.165) is 89.3 Å². The lowest BCUT2D eigenvalue weighted by molar-refractivity contribution is 0.101. The van der Waals surface area contributed by atoms with Crippen LogP contribution in [0.4, 0.5) is 0 Å². The number of Topliss-reactive ketones (excluding diaryl/α,β-unsaturated/α-hetero) is 1. The smallest absolute Gasteiger partial charge is 0.186 e. The summed E-state index contributed by atoms with van der Waals surface area (Å²) in [6.07, 6.45) is 3.21. The van der Waals surface area contributed by atoms with Crippen LogP contribution in [0.5, 0.6) is 11.5 Å². The average molecular weight is 754 g/mol. The molecule has 10 nitrogen and oxygen atoms in total. The molecule has 6 N–H and O–H groups in total. The van der Waals surface area contributed by atoms with Gasteiger partial charge in [-0.05, 0) is 159 Å². The van der Waals surface area contributed by atoms with Gasteiger partial charge < -0.3 is 39.6 Å². The van der Waals surface area contributed by atoms with Crippen molar-refractivity contribution in [3.8, 4) is 11.5 Å². The Hall–Kier alpha value is -2.37. The molecule has 2 aromatic rings. The molecular weight excluding hydrogens is 683 g/mol. The van der Waals surface area contributed by atoms with Gasteiger partial charge in [-0.2, -0.15) is 0 Å². The van der Waals surface area contributed by atoms with Crippen molar-refractivity contribution in [2.24, 2.45) is 10.7 Å². The molecule has 0 bridgehead atoms. The molecule has 0 aliphatic heterocycles. The molecule has 0 aromatic heterocycles. The maximum absolute atomic E-state index is 10.7. The highest BCUT2D eigenvalue weighted by molar-refractivity contribution is 6.71. The minimum absolute atomic E-state index is 0.0139. The molecule has 2 aromatic carbocycles. The largest absolute Gasteiger partial charge is 0.508 e. The average Bonchev–Trinajstić information content (AvgIpc) is 3.05. The molecule has 0 saturated carbocycles. The van der Waals surface area contributed by atoms with Crippen LogP contribution >= 0.6 is 0 Å². The van der Waals surface area contributed by atoms with Gasteiger partial charge in [0.2, 0.25) is 0 Å². The van der Waals surface area contributed by atoms with Crippen molar-refractivity contribution >= 4 is 36.6 Å². The van der Waals surface area contributed by atoms with E-state index in [-0.39, 0.29) is 17.3 Å². The summed E-state index contributed by atoms with van der Waals surface area (Å²) in [6.45, 7) is 26.1. The molecule has 0 atom stereocenters. The fraction of sp³-hybridized carbons (Fsp3) is 0.622. The van der Waals surface area contributed by atoms with Crippen LogP contribution < -0.4 is 11.1 Å². The Kier molecular flexibility index (Phi) is 28.1. The maximum Gasteiger partial charge on any atom is 0.186 e. The van der Waals surface area contributed by atoms with Crippen LogP contribution in [0.25, 0.3) is 0 Å². The van der Waals surface area contributed by atoms with Gasteiger partial charge in [-0.15, -0.1) is 0 Å². The van der Waals surface area contributed by atoms with Gasteiger partial charge in [0.05, 0.1) is 0 Å². The Morgan fingerprint density at radius 2 is 1.06 bits per heavy atom. The lowest BCUT2D eigenvalue weighted by atomic mass is 10.1. The van der Waals surface area contributed by atoms with Crippen molar-refractivity contribution in [2.45, 2.75) is 104 Å². The number of ketones is 1. The lowest BCUT2D eigenvalue weighted by Gasteiger charge is -2.22. The number of rotatable bonds is 19. The van der Waals surface area contributed by atoms with Crippen molar-refractivity contribution in [2.75, 3.05) is 46.6 Å². The molecule has 0 spiro atoms. The molecule has 2 rings (SSSR count). The predicted octanol–water partition coefficient (Wildman–Crippen LogP) is 7.77. The molecule has 0 saturated heterocycles. The van der Waals surface area contributed by atoms with Crippen LogP contribution in [0.2, 0.25) is 57.4 Å². The number of amidine groups is 1. The molecule has 0 fully saturated rings. The third-order valence-electron chi connectivity index (χ3n) is 7.46. The van der Waals surface area contributed by atoms with Crippen molar-refractivity contribution in [1.29, 1.82) is 0 Å². The van der Waals surface area contributed by atoms with Gasteiger partial charge in [-0.25, -0.2) is 0 Å². The number of aliphatic hydroxyl groups excluding tert-OH is 1. The van der Waals surface area contributed by atoms with Gasteiger partial charge >= 0.3 is 0 Å². The van der Waals surface area contributed by atoms with Gasteiger partial charge in [0.25, 0.3) is 0 Å². The fourth-order valence-electron chi connectivity index (χ4n) is 4.90. The van der Waals surface area contributed by atoms with E-state index in [0.29, 0.717) is 5.56 Å². The molecule has 0 radical (unpaired) electrons. The first-order valence-corrected chi connectivity index (χ1v) is 27.3. The quantitative estimate of drug-likeness (QED) is 0.0318. The number of aromatic hydroxyl groups is 2. The van der Waals surface area contributed by atoms with E-state index in [9.17, 15) is 9.90 Å². The summed E-state index contributed by atoms with van der Waals surface area (Å²) in [5.41, 5.74) is 7.04. The number of aliphatic imine (C=N–C) groups is 1. The zero-order valence-electron chi connectivity index (χ0n) is 33.1. The first-order valence-electron chi connectivity index (χ1n) is 18.0. The highest BCUT2D eigenvalue weighted by Gasteiger charge is 2.22. The van der Waals surface area contributed by atoms with E-state index >= 15 is 0 Å². The minimum Gasteiger partial charge on any atom is -0.508 e. The summed E-state index contributed by atoms with van der Waals surface area (Å²) in [5, 5.41) is 28.9. The van der Waals surface area contributed by atoms with Crippen molar-refractivity contribution in [3.63, 3.8) is 0 Å². The maximum atomic E-state index is 10.7. The first kappa shape index (κ1) is 49.7. The Bertz CT molecular complexity index is 1160. The summed E-state index contributed by atoms with van der Waals surface area (Å²) in [4.78, 5) is 15.5. The van der Waals surface area contributed by atoms with Crippen LogP contribution in [-0.2, 0) is 13.3 Å². The monoisotopic (exact) mass is 753 g/mol. The van der Waals surface area contributed by atoms with E-state index in [4.69, 9.17) is 34.2 Å². The summed E-state index contributed by atoms with van der Waals surface area (Å²) >= 11 is 0. The number of hydrogen-bond donors (Lipinski definition) is 5. The second-order valence-electron chi connectivity index (χ2n) is 13.5. The number of benzene rings is 2. The Balaban J connectivity index is 0. The fourth-order valence-corrected chi connectivity index (χ4v) is 10.8. The number of nitrogens with two attached hydrogens (primary N) is 1. The molecule has 50 heavy (non-hydrogen) atoms. The van der Waals surface area contributed by atoms with Gasteiger partial charge in [-0.1, -0.05) is 0 Å². The summed E-state index contributed by atoms with van der Waals surface area (Å²) in [5.74, 6) is 1.38. The Morgan fingerprint density at radius 1 is 0.680 bits per heavy atom. The van der Waals surface area contributed by atoms with Crippen LogP contribution in [0.3, 0.4) is 0 Å². The van der Waals surface area contributed by atoms with E-state index in [1.807, 2.05) is 12.1 Å². The number of hydrogen-bond acceptors (Lipinski definition) is 9. The van der Waals surface area contributed by atoms with E-state index in [1.165, 1.54) is 25.1 Å². The first-order chi connectivity index (χ1) is 23.5. The van der Waals surface area contributed by atoms with Crippen LogP contribution in [0.1, 0.15) is 62.9 Å². The Morgan fingerprint density at radius 3 is 1.44 bits per heavy atom. The number of nitrogens with zero attached hydrogens (tertiary/aromatic N) is 1. The molecule has 0 heterocycles. The number of aliphatic hydroxyl groups is 1. The molecule has 0 unspecified atom stereocenters. The van der Waals surface area contributed by atoms with Crippen molar-refractivity contribution in [1.82, 2.24) is 5.32 Å². The van der Waals surface area contributed by atoms with E-state index in [2.05, 4.69) is 65.4 Å². The Labute approximate surface area is 307 Å².